The molecule has 0 radical (unpaired) electrons. The van der Waals surface area contributed by atoms with Crippen LogP contribution < -0.4 is 9.04 Å². The summed E-state index contributed by atoms with van der Waals surface area (Å²) in [7, 11) is -2.27. The second-order valence-electron chi connectivity index (χ2n) is 8.53. The molecule has 0 aromatic heterocycles. The van der Waals surface area contributed by atoms with Crippen molar-refractivity contribution >= 4 is 15.7 Å². The van der Waals surface area contributed by atoms with Gasteiger partial charge in [-0.25, -0.2) is 8.42 Å². The Bertz CT molecular complexity index is 935. The zero-order chi connectivity index (χ0) is 22.6. The molecule has 0 aliphatic carbocycles. The second kappa shape index (κ2) is 10.0. The number of anilines is 1. The first-order chi connectivity index (χ1) is 14.7. The van der Waals surface area contributed by atoms with Crippen LogP contribution in [0.2, 0.25) is 0 Å². The summed E-state index contributed by atoms with van der Waals surface area (Å²) in [6, 6.07) is 14.4. The smallest absolute Gasteiger partial charge is 0.264 e. The van der Waals surface area contributed by atoms with Crippen LogP contribution in [0.25, 0.3) is 0 Å². The van der Waals surface area contributed by atoms with Crippen molar-refractivity contribution < 1.29 is 18.3 Å². The molecule has 1 saturated heterocycles. The van der Waals surface area contributed by atoms with E-state index in [0.29, 0.717) is 30.1 Å². The van der Waals surface area contributed by atoms with E-state index in [1.54, 1.807) is 55.6 Å². The van der Waals surface area contributed by atoms with Crippen molar-refractivity contribution in [1.82, 2.24) is 4.90 Å². The highest BCUT2D eigenvalue weighted by molar-refractivity contribution is 7.92. The van der Waals surface area contributed by atoms with E-state index in [2.05, 4.69) is 18.7 Å². The van der Waals surface area contributed by atoms with Crippen LogP contribution in [0, 0.1) is 6.92 Å². The van der Waals surface area contributed by atoms with E-state index in [9.17, 15) is 13.5 Å². The molecule has 1 aliphatic rings. The van der Waals surface area contributed by atoms with Crippen molar-refractivity contribution in [3.05, 3.63) is 54.1 Å². The molecular formula is C24H34N2O4S. The van der Waals surface area contributed by atoms with Crippen molar-refractivity contribution in [3.8, 4) is 5.75 Å². The number of nitrogens with zero attached hydrogens (tertiary/aromatic N) is 2. The number of methoxy groups -OCH3 is 1. The minimum Gasteiger partial charge on any atom is -0.497 e. The minimum absolute atomic E-state index is 0.0154. The van der Waals surface area contributed by atoms with Crippen molar-refractivity contribution in [3.63, 3.8) is 0 Å². The maximum Gasteiger partial charge on any atom is 0.264 e. The zero-order valence-electron chi connectivity index (χ0n) is 18.9. The van der Waals surface area contributed by atoms with E-state index >= 15 is 0 Å². The number of sulfonamides is 1. The Kier molecular flexibility index (Phi) is 7.62. The SMILES string of the molecule is COc1ccc(N(CC(O)CN2C(C)CCCC2C)S(=O)(=O)c2ccc(C)cc2)cc1. The fourth-order valence-electron chi connectivity index (χ4n) is 4.26. The van der Waals surface area contributed by atoms with Gasteiger partial charge in [-0.2, -0.15) is 0 Å². The van der Waals surface area contributed by atoms with Gasteiger partial charge in [-0.3, -0.25) is 9.21 Å². The first-order valence-corrected chi connectivity index (χ1v) is 12.3. The molecule has 7 heteroatoms. The molecule has 3 atom stereocenters. The molecule has 2 aromatic rings. The zero-order valence-corrected chi connectivity index (χ0v) is 19.7. The van der Waals surface area contributed by atoms with Gasteiger partial charge >= 0.3 is 0 Å². The lowest BCUT2D eigenvalue weighted by atomic mass is 9.97. The quantitative estimate of drug-likeness (QED) is 0.668. The maximum absolute atomic E-state index is 13.5. The maximum atomic E-state index is 13.5. The van der Waals surface area contributed by atoms with Crippen molar-refractivity contribution in [2.75, 3.05) is 24.5 Å². The predicted molar refractivity (Wildman–Crippen MR) is 124 cm³/mol. The van der Waals surface area contributed by atoms with Gasteiger partial charge in [-0.05, 0) is 70.0 Å². The average molecular weight is 447 g/mol. The van der Waals surface area contributed by atoms with Gasteiger partial charge in [0.05, 0.1) is 30.3 Å². The normalized spacial score (nSPS) is 20.9. The lowest BCUT2D eigenvalue weighted by Crippen LogP contribution is -2.50. The molecule has 0 bridgehead atoms. The lowest BCUT2D eigenvalue weighted by Gasteiger charge is -2.40. The number of aliphatic hydroxyl groups is 1. The van der Waals surface area contributed by atoms with Crippen LogP contribution in [0.5, 0.6) is 5.75 Å². The molecule has 0 saturated carbocycles. The summed E-state index contributed by atoms with van der Waals surface area (Å²) in [5.41, 5.74) is 1.49. The van der Waals surface area contributed by atoms with Crippen LogP contribution in [-0.2, 0) is 10.0 Å². The van der Waals surface area contributed by atoms with E-state index in [1.807, 2.05) is 6.92 Å². The fraction of sp³-hybridized carbons (Fsp3) is 0.500. The number of ether oxygens (including phenoxy) is 1. The van der Waals surface area contributed by atoms with Crippen molar-refractivity contribution in [1.29, 1.82) is 0 Å². The Morgan fingerprint density at radius 1 is 1.06 bits per heavy atom. The minimum atomic E-state index is -3.84. The van der Waals surface area contributed by atoms with Gasteiger partial charge in [0.25, 0.3) is 10.0 Å². The van der Waals surface area contributed by atoms with Gasteiger partial charge < -0.3 is 9.84 Å². The number of β-amino-alcohol motifs (C(OH)–C–C–N with tert-alkyl or cyclic N) is 1. The first kappa shape index (κ1) is 23.6. The summed E-state index contributed by atoms with van der Waals surface area (Å²) in [5, 5.41) is 11.0. The van der Waals surface area contributed by atoms with Crippen molar-refractivity contribution in [2.45, 2.75) is 63.1 Å². The average Bonchev–Trinajstić information content (AvgIpc) is 2.75. The Hall–Kier alpha value is -2.09. The number of likely N-dealkylation sites (tertiary alicyclic amines) is 1. The Balaban J connectivity index is 1.88. The molecule has 31 heavy (non-hydrogen) atoms. The molecule has 6 nitrogen and oxygen atoms in total. The third-order valence-corrected chi connectivity index (χ3v) is 7.95. The highest BCUT2D eigenvalue weighted by Crippen LogP contribution is 2.27. The highest BCUT2D eigenvalue weighted by Gasteiger charge is 2.31. The van der Waals surface area contributed by atoms with Gasteiger partial charge in [0.15, 0.2) is 0 Å². The summed E-state index contributed by atoms with van der Waals surface area (Å²) >= 11 is 0. The molecular weight excluding hydrogens is 412 g/mol. The molecule has 3 unspecified atom stereocenters. The third-order valence-electron chi connectivity index (χ3n) is 6.14. The number of aryl methyl sites for hydroxylation is 1. The standard InChI is InChI=1S/C24H34N2O4S/c1-18-8-14-24(15-9-18)31(28,29)26(21-10-12-23(30-4)13-11-21)17-22(27)16-25-19(2)6-5-7-20(25)3/h8-15,19-20,22,27H,5-7,16-17H2,1-4H3. The second-order valence-corrected chi connectivity index (χ2v) is 10.4. The summed E-state index contributed by atoms with van der Waals surface area (Å²) in [4.78, 5) is 2.50. The molecule has 1 aliphatic heterocycles. The Morgan fingerprint density at radius 3 is 2.19 bits per heavy atom. The molecule has 1 heterocycles. The summed E-state index contributed by atoms with van der Waals surface area (Å²) < 4.78 is 33.6. The van der Waals surface area contributed by atoms with Crippen LogP contribution in [0.15, 0.2) is 53.4 Å². The van der Waals surface area contributed by atoms with Gasteiger partial charge in [0.2, 0.25) is 0 Å². The number of rotatable bonds is 8. The van der Waals surface area contributed by atoms with E-state index in [4.69, 9.17) is 4.74 Å². The van der Waals surface area contributed by atoms with Gasteiger partial charge in [-0.15, -0.1) is 0 Å². The van der Waals surface area contributed by atoms with E-state index in [-0.39, 0.29) is 11.4 Å². The summed E-state index contributed by atoms with van der Waals surface area (Å²) in [6.45, 7) is 6.69. The molecule has 170 valence electrons. The van der Waals surface area contributed by atoms with Crippen LogP contribution in [0.3, 0.4) is 0 Å². The molecule has 1 N–H and O–H groups in total. The monoisotopic (exact) mass is 446 g/mol. The lowest BCUT2D eigenvalue weighted by molar-refractivity contribution is 0.0455. The summed E-state index contributed by atoms with van der Waals surface area (Å²) in [5.74, 6) is 0.646. The molecule has 3 rings (SSSR count). The van der Waals surface area contributed by atoms with Gasteiger partial charge in [0, 0.05) is 18.6 Å². The fourth-order valence-corrected chi connectivity index (χ4v) is 5.76. The van der Waals surface area contributed by atoms with Crippen molar-refractivity contribution in [2.24, 2.45) is 0 Å². The predicted octanol–water partition coefficient (Wildman–Crippen LogP) is 3.82. The van der Waals surface area contributed by atoms with Crippen LogP contribution in [0.4, 0.5) is 5.69 Å². The Morgan fingerprint density at radius 2 is 1.65 bits per heavy atom. The number of hydrogen-bond donors (Lipinski definition) is 1. The van der Waals surface area contributed by atoms with Crippen LogP contribution >= 0.6 is 0 Å². The molecule has 0 amide bonds. The molecule has 0 spiro atoms. The van der Waals surface area contributed by atoms with Crippen LogP contribution in [-0.4, -0.2) is 56.8 Å². The Labute approximate surface area is 186 Å². The van der Waals surface area contributed by atoms with Crippen LogP contribution in [0.1, 0.15) is 38.7 Å². The largest absolute Gasteiger partial charge is 0.497 e. The third kappa shape index (κ3) is 5.59. The van der Waals surface area contributed by atoms with E-state index in [1.165, 1.54) is 10.7 Å². The first-order valence-electron chi connectivity index (χ1n) is 10.9. The highest BCUT2D eigenvalue weighted by atomic mass is 32.2. The number of benzene rings is 2. The number of aliphatic hydroxyl groups excluding tert-OH is 1. The van der Waals surface area contributed by atoms with Gasteiger partial charge in [0.1, 0.15) is 5.75 Å². The number of hydrogen-bond acceptors (Lipinski definition) is 5. The van der Waals surface area contributed by atoms with Gasteiger partial charge in [-0.1, -0.05) is 24.1 Å². The van der Waals surface area contributed by atoms with E-state index in [0.717, 1.165) is 18.4 Å². The molecule has 1 fully saturated rings. The van der Waals surface area contributed by atoms with E-state index < -0.39 is 16.1 Å². The summed E-state index contributed by atoms with van der Waals surface area (Å²) in [6.07, 6.45) is 2.57. The number of piperidine rings is 1. The topological polar surface area (TPSA) is 70.1 Å². The molecule has 2 aromatic carbocycles.